The van der Waals surface area contributed by atoms with Crippen LogP contribution >= 0.6 is 0 Å². The van der Waals surface area contributed by atoms with Crippen molar-refractivity contribution >= 4 is 17.9 Å². The summed E-state index contributed by atoms with van der Waals surface area (Å²) < 4.78 is 50.9. The minimum absolute atomic E-state index is 0. The third-order valence-electron chi connectivity index (χ3n) is 13.8. The summed E-state index contributed by atoms with van der Waals surface area (Å²) in [6.45, 7) is 3.90. The Labute approximate surface area is 531 Å². The van der Waals surface area contributed by atoms with Crippen LogP contribution in [0.1, 0.15) is 145 Å². The Balaban J connectivity index is 0.00000223. The second-order valence-corrected chi connectivity index (χ2v) is 21.3. The van der Waals surface area contributed by atoms with Gasteiger partial charge in [-0.1, -0.05) is 109 Å². The van der Waals surface area contributed by atoms with Gasteiger partial charge in [0, 0.05) is 36.9 Å². The fourth-order valence-corrected chi connectivity index (χ4v) is 9.50. The van der Waals surface area contributed by atoms with Gasteiger partial charge in [-0.15, -0.1) is 5.10 Å². The van der Waals surface area contributed by atoms with E-state index in [0.717, 1.165) is 56.6 Å². The summed E-state index contributed by atoms with van der Waals surface area (Å²) >= 11 is 0. The van der Waals surface area contributed by atoms with Crippen LogP contribution in [0.4, 0.5) is 0 Å². The van der Waals surface area contributed by atoms with Crippen molar-refractivity contribution in [2.45, 2.75) is 156 Å². The quantitative estimate of drug-likeness (QED) is 0.0209. The third kappa shape index (κ3) is 28.6. The number of carbonyl (C=O) groups is 3. The number of rotatable bonds is 44. The Hall–Kier alpha value is -6.69. The maximum absolute atomic E-state index is 12.0. The van der Waals surface area contributed by atoms with Crippen molar-refractivity contribution in [2.75, 3.05) is 39.6 Å². The number of carboxylic acid groups (broad SMARTS) is 3. The van der Waals surface area contributed by atoms with Gasteiger partial charge >= 0.3 is 35.0 Å². The van der Waals surface area contributed by atoms with Gasteiger partial charge in [-0.25, -0.2) is 14.4 Å². The van der Waals surface area contributed by atoms with E-state index >= 15 is 0 Å². The summed E-state index contributed by atoms with van der Waals surface area (Å²) in [5.74, 6) is 0.263. The average Bonchev–Trinajstić information content (AvgIpc) is 2.15. The predicted molar refractivity (Wildman–Crippen MR) is 331 cm³/mol. The monoisotopic (exact) mass is 1250 g/mol. The molecule has 1 aromatic heterocycles. The summed E-state index contributed by atoms with van der Waals surface area (Å²) in [4.78, 5) is 35.1. The fourth-order valence-electron chi connectivity index (χ4n) is 9.50. The van der Waals surface area contributed by atoms with Gasteiger partial charge in [0.05, 0.1) is 37.7 Å². The summed E-state index contributed by atoms with van der Waals surface area (Å²) in [6.07, 6.45) is 39.0. The van der Waals surface area contributed by atoms with Gasteiger partial charge in [0.25, 0.3) is 0 Å². The maximum Gasteiger partial charge on any atom is 2.00 e. The van der Waals surface area contributed by atoms with Gasteiger partial charge in [0.2, 0.25) is 0 Å². The molecule has 7 rings (SSSR count). The molecule has 10 radical (unpaired) electrons. The van der Waals surface area contributed by atoms with Crippen LogP contribution in [0.3, 0.4) is 0 Å². The summed E-state index contributed by atoms with van der Waals surface area (Å²) in [5.41, 5.74) is 3.36. The molecule has 5 aromatic rings. The van der Waals surface area contributed by atoms with E-state index < -0.39 is 37.7 Å². The number of carboxylic acids is 3. The van der Waals surface area contributed by atoms with Crippen LogP contribution in [0, 0.1) is 63.7 Å². The van der Waals surface area contributed by atoms with Crippen LogP contribution in [0.2, 0.25) is 0 Å². The van der Waals surface area contributed by atoms with E-state index in [9.17, 15) is 34.8 Å². The smallest absolute Gasteiger partial charge is 0.493 e. The average molecular weight is 1250 g/mol. The maximum atomic E-state index is 12.0. The normalized spacial score (nSPS) is 12.8. The molecule has 0 aliphatic heterocycles. The Bertz CT molecular complexity index is 2790. The number of aryl methyl sites for hydroxylation is 1. The predicted octanol–water partition coefficient (Wildman–Crippen LogP) is 13.5. The molecular formula is C69H87FeN3O15+2. The van der Waals surface area contributed by atoms with E-state index in [1.165, 1.54) is 57.8 Å². The zero-order valence-corrected chi connectivity index (χ0v) is 52.0. The number of hydrogen-bond donors (Lipinski definition) is 4. The van der Waals surface area contributed by atoms with E-state index in [4.69, 9.17) is 37.9 Å². The Kier molecular flexibility index (Phi) is 34.6. The van der Waals surface area contributed by atoms with E-state index in [1.807, 2.05) is 70.1 Å². The number of nitrogens with zero attached hydrogens (tertiary/aromatic N) is 3. The molecule has 1 heterocycles. The summed E-state index contributed by atoms with van der Waals surface area (Å²) in [7, 11) is 0. The van der Waals surface area contributed by atoms with Crippen molar-refractivity contribution in [1.82, 2.24) is 15.0 Å². The second-order valence-electron chi connectivity index (χ2n) is 21.3. The van der Waals surface area contributed by atoms with E-state index in [2.05, 4.69) is 24.2 Å². The SMILES string of the molecule is CCCCCCCCCCOc1cc(COc2cc(OCc3cc(OCCCc4cn(C[C]5[CH][CH][CH][CH]5)nn4)cc(OCC(=O)O)c3)cc(-c3c(OCCCCCCCCCC)cc(CO)cc3OCC(=O)O)c2)cc(OCC(=O)O)c1.[CH]1[CH][CH][CH][CH]1.[Fe+2]. The number of aromatic nitrogens is 3. The van der Waals surface area contributed by atoms with Gasteiger partial charge < -0.3 is 58.3 Å². The first-order valence-electron chi connectivity index (χ1n) is 30.6. The molecule has 0 amide bonds. The first kappa shape index (κ1) is 72.1. The van der Waals surface area contributed by atoms with E-state index in [-0.39, 0.29) is 48.4 Å². The van der Waals surface area contributed by atoms with Crippen LogP contribution < -0.4 is 37.9 Å². The fraction of sp³-hybridized carbons (Fsp3) is 0.435. The van der Waals surface area contributed by atoms with Crippen molar-refractivity contribution in [1.29, 1.82) is 0 Å². The van der Waals surface area contributed by atoms with Crippen molar-refractivity contribution in [2.24, 2.45) is 0 Å². The minimum Gasteiger partial charge on any atom is -0.493 e. The molecule has 2 aliphatic rings. The molecule has 19 heteroatoms. The molecule has 0 spiro atoms. The molecule has 0 atom stereocenters. The molecule has 0 unspecified atom stereocenters. The Morgan fingerprint density at radius 1 is 0.443 bits per heavy atom. The number of aliphatic hydroxyl groups is 1. The van der Waals surface area contributed by atoms with Crippen LogP contribution in [0.5, 0.6) is 46.0 Å². The first-order valence-corrected chi connectivity index (χ1v) is 30.6. The van der Waals surface area contributed by atoms with Crippen LogP contribution in [-0.2, 0) is 64.2 Å². The standard InChI is InChI=1S/C64H82N3O15.C5H5.Fe/c1-3-5-7-9-11-13-15-19-25-75-53-28-49(30-55(36-53)80-44-61(69)70)42-78-57-34-51(64-59(77-26-20-16-14-12-10-8-6-4-2)32-48(41-68)33-60(64)82-46-63(73)74)35-58(38-57)79-43-50-29-54(37-56(31-50)81-45-62(71)72)76-27-21-24-52-40-67(66-65-52)39-47-22-17-18-23-47;1-2-4-5-3-1;/h17-18,22-23,28-38,40,68H,3-16,19-21,24-27,39,41-46H2,1-2H3,(H,69,70)(H,71,72)(H,73,74);1-5H;/q;;+2. The molecule has 4 N–H and O–H groups in total. The number of aliphatic carboxylic acids is 3. The number of hydrogen-bond acceptors (Lipinski definition) is 14. The Morgan fingerprint density at radius 2 is 0.852 bits per heavy atom. The van der Waals surface area contributed by atoms with Crippen molar-refractivity contribution < 1.29 is 89.8 Å². The second kappa shape index (κ2) is 42.3. The van der Waals surface area contributed by atoms with Crippen molar-refractivity contribution in [3.05, 3.63) is 159 Å². The third-order valence-corrected chi connectivity index (χ3v) is 13.8. The van der Waals surface area contributed by atoms with Crippen LogP contribution in [0.25, 0.3) is 11.1 Å². The summed E-state index contributed by atoms with van der Waals surface area (Å²) in [5, 5.41) is 47.7. The minimum atomic E-state index is -1.20. The molecule has 2 saturated carbocycles. The molecule has 474 valence electrons. The van der Waals surface area contributed by atoms with Crippen molar-refractivity contribution in [3.63, 3.8) is 0 Å². The molecular weight excluding hydrogens is 1170 g/mol. The van der Waals surface area contributed by atoms with Gasteiger partial charge in [0.15, 0.2) is 19.8 Å². The van der Waals surface area contributed by atoms with Gasteiger partial charge in [-0.2, -0.15) is 0 Å². The van der Waals surface area contributed by atoms with Gasteiger partial charge in [-0.3, -0.25) is 4.68 Å². The molecule has 0 bridgehead atoms. The molecule has 18 nitrogen and oxygen atoms in total. The molecule has 88 heavy (non-hydrogen) atoms. The van der Waals surface area contributed by atoms with Gasteiger partial charge in [-0.05, 0) is 154 Å². The van der Waals surface area contributed by atoms with Gasteiger partial charge in [0.1, 0.15) is 59.2 Å². The summed E-state index contributed by atoms with van der Waals surface area (Å²) in [6, 6.07) is 18.7. The zero-order valence-electron chi connectivity index (χ0n) is 50.9. The number of benzene rings is 4. The zero-order chi connectivity index (χ0) is 61.7. The number of unbranched alkanes of at least 4 members (excludes halogenated alkanes) is 14. The Morgan fingerprint density at radius 3 is 1.32 bits per heavy atom. The molecule has 0 saturated heterocycles. The van der Waals surface area contributed by atoms with E-state index in [1.54, 1.807) is 65.3 Å². The number of ether oxygens (including phenoxy) is 8. The van der Waals surface area contributed by atoms with Crippen LogP contribution in [-0.4, -0.2) is 93.0 Å². The largest absolute Gasteiger partial charge is 2.00 e. The first-order chi connectivity index (χ1) is 42.5. The topological polar surface area (TPSA) is 237 Å². The van der Waals surface area contributed by atoms with E-state index in [0.29, 0.717) is 102 Å². The molecule has 4 aromatic carbocycles. The number of aliphatic hydroxyl groups excluding tert-OH is 1. The van der Waals surface area contributed by atoms with Crippen molar-refractivity contribution in [3.8, 4) is 57.1 Å². The van der Waals surface area contributed by atoms with Crippen LogP contribution in [0.15, 0.2) is 72.9 Å². The molecule has 2 fully saturated rings. The molecule has 2 aliphatic carbocycles.